The van der Waals surface area contributed by atoms with Crippen LogP contribution in [0.4, 0.5) is 23.0 Å². The molecule has 1 aromatic heterocycles. The van der Waals surface area contributed by atoms with Crippen LogP contribution in [-0.4, -0.2) is 20.2 Å². The number of aromatic nitrogens is 3. The molecule has 0 fully saturated rings. The van der Waals surface area contributed by atoms with E-state index in [1.807, 2.05) is 37.3 Å². The smallest absolute Gasteiger partial charge is 0.231 e. The molecule has 0 amide bonds. The van der Waals surface area contributed by atoms with Crippen LogP contribution in [0.25, 0.3) is 0 Å². The van der Waals surface area contributed by atoms with Crippen molar-refractivity contribution in [2.45, 2.75) is 11.8 Å². The molecule has 2 aromatic carbocycles. The summed E-state index contributed by atoms with van der Waals surface area (Å²) in [5, 5.41) is 23.7. The molecule has 9 nitrogen and oxygen atoms in total. The van der Waals surface area contributed by atoms with Gasteiger partial charge in [0.05, 0.1) is 23.4 Å². The van der Waals surface area contributed by atoms with Crippen molar-refractivity contribution >= 4 is 46.7 Å². The topological polar surface area (TPSA) is 114 Å². The van der Waals surface area contributed by atoms with E-state index in [0.29, 0.717) is 22.0 Å². The molecule has 2 N–H and O–H groups in total. The largest absolute Gasteiger partial charge is 0.322 e. The molecular weight excluding hydrogens is 392 g/mol. The van der Waals surface area contributed by atoms with E-state index in [0.717, 1.165) is 17.6 Å². The van der Waals surface area contributed by atoms with Crippen LogP contribution >= 0.6 is 23.6 Å². The third kappa shape index (κ3) is 5.42. The highest BCUT2D eigenvalue weighted by atomic mass is 35.5. The van der Waals surface area contributed by atoms with Crippen molar-refractivity contribution in [1.82, 2.24) is 15.0 Å². The minimum absolute atomic E-state index is 0.0670. The first-order valence-electron chi connectivity index (χ1n) is 7.53. The minimum atomic E-state index is 0.0670. The van der Waals surface area contributed by atoms with E-state index in [4.69, 9.17) is 16.9 Å². The van der Waals surface area contributed by atoms with Gasteiger partial charge in [-0.15, -0.1) is 9.45 Å². The molecule has 3 aromatic rings. The maximum atomic E-state index is 8.38. The number of hydrogen-bond acceptors (Lipinski definition) is 10. The van der Waals surface area contributed by atoms with Crippen molar-refractivity contribution in [3.63, 3.8) is 0 Å². The predicted octanol–water partition coefficient (Wildman–Crippen LogP) is 5.42. The van der Waals surface area contributed by atoms with Crippen molar-refractivity contribution < 1.29 is 14.6 Å². The zero-order valence-electron chi connectivity index (χ0n) is 13.9. The molecule has 0 radical (unpaired) electrons. The van der Waals surface area contributed by atoms with Gasteiger partial charge in [-0.2, -0.15) is 10.1 Å². The summed E-state index contributed by atoms with van der Waals surface area (Å²) in [5.74, 6) is 0.265. The van der Waals surface area contributed by atoms with E-state index in [2.05, 4.69) is 39.9 Å². The van der Waals surface area contributed by atoms with Gasteiger partial charge in [0.25, 0.3) is 0 Å². The first-order chi connectivity index (χ1) is 13.2. The molecule has 0 unspecified atom stereocenters. The summed E-state index contributed by atoms with van der Waals surface area (Å²) in [6.45, 7) is 1.85. The Morgan fingerprint density at radius 1 is 1.15 bits per heavy atom. The number of azo groups is 1. The lowest BCUT2D eigenvalue weighted by molar-refractivity contribution is -0.432. The third-order valence-corrected chi connectivity index (χ3v) is 4.20. The summed E-state index contributed by atoms with van der Waals surface area (Å²) in [5.41, 5.74) is 2.61. The highest BCUT2D eigenvalue weighted by Gasteiger charge is 2.11. The second-order valence-corrected chi connectivity index (χ2v) is 6.18. The van der Waals surface area contributed by atoms with Gasteiger partial charge >= 0.3 is 0 Å². The Kier molecular flexibility index (Phi) is 6.63. The molecule has 0 aliphatic carbocycles. The standard InChI is InChI=1S/C16H13ClN6O3S/c1-10-7-12(20-16-19-9-18-15(17)21-16)13(8-14(10)27-26-25-24)23-22-11-5-3-2-4-6-11/h2-9,24H,1H3,(H,18,19,20,21). The molecule has 0 spiro atoms. The Morgan fingerprint density at radius 3 is 2.70 bits per heavy atom. The van der Waals surface area contributed by atoms with E-state index in [1.165, 1.54) is 6.33 Å². The van der Waals surface area contributed by atoms with Gasteiger partial charge in [0.15, 0.2) is 0 Å². The Morgan fingerprint density at radius 2 is 1.96 bits per heavy atom. The Bertz CT molecular complexity index is 945. The molecular formula is C16H13ClN6O3S. The van der Waals surface area contributed by atoms with E-state index in [9.17, 15) is 0 Å². The second kappa shape index (κ2) is 9.35. The highest BCUT2D eigenvalue weighted by molar-refractivity contribution is 7.94. The lowest BCUT2D eigenvalue weighted by Crippen LogP contribution is -1.99. The van der Waals surface area contributed by atoms with Crippen LogP contribution in [0.5, 0.6) is 0 Å². The summed E-state index contributed by atoms with van der Waals surface area (Å²) in [4.78, 5) is 12.5. The van der Waals surface area contributed by atoms with Crippen LogP contribution in [0.1, 0.15) is 5.56 Å². The number of anilines is 2. The number of rotatable bonds is 7. The fraction of sp³-hybridized carbons (Fsp3) is 0.0625. The van der Waals surface area contributed by atoms with Crippen molar-refractivity contribution in [3.05, 3.63) is 59.6 Å². The molecule has 11 heteroatoms. The van der Waals surface area contributed by atoms with Crippen molar-refractivity contribution in [1.29, 1.82) is 0 Å². The molecule has 0 aliphatic heterocycles. The molecule has 27 heavy (non-hydrogen) atoms. The average molecular weight is 405 g/mol. The normalized spacial score (nSPS) is 11.1. The fourth-order valence-corrected chi connectivity index (χ4v) is 2.64. The Labute approximate surface area is 163 Å². The zero-order chi connectivity index (χ0) is 19.1. The summed E-state index contributed by atoms with van der Waals surface area (Å²) in [6, 6.07) is 12.8. The lowest BCUT2D eigenvalue weighted by atomic mass is 10.2. The van der Waals surface area contributed by atoms with Crippen LogP contribution < -0.4 is 5.32 Å². The monoisotopic (exact) mass is 404 g/mol. The first-order valence-corrected chi connectivity index (χ1v) is 8.65. The van der Waals surface area contributed by atoms with Gasteiger partial charge < -0.3 is 5.32 Å². The molecule has 0 bridgehead atoms. The van der Waals surface area contributed by atoms with Gasteiger partial charge in [-0.1, -0.05) is 23.2 Å². The maximum Gasteiger partial charge on any atom is 0.231 e. The van der Waals surface area contributed by atoms with E-state index in [-0.39, 0.29) is 11.2 Å². The number of hydrogen-bond donors (Lipinski definition) is 2. The van der Waals surface area contributed by atoms with Gasteiger partial charge in [-0.05, 0) is 48.4 Å². The second-order valence-electron chi connectivity index (χ2n) is 5.10. The summed E-state index contributed by atoms with van der Waals surface area (Å²) >= 11 is 6.64. The third-order valence-electron chi connectivity index (χ3n) is 3.27. The number of benzene rings is 2. The Balaban J connectivity index is 1.96. The fourth-order valence-electron chi connectivity index (χ4n) is 2.07. The van der Waals surface area contributed by atoms with Gasteiger partial charge in [-0.25, -0.2) is 15.2 Å². The number of aryl methyl sites for hydroxylation is 1. The molecule has 0 saturated heterocycles. The quantitative estimate of drug-likeness (QED) is 0.232. The predicted molar refractivity (Wildman–Crippen MR) is 101 cm³/mol. The van der Waals surface area contributed by atoms with Gasteiger partial charge in [-0.3, -0.25) is 0 Å². The molecule has 3 rings (SSSR count). The number of nitrogens with one attached hydrogen (secondary N) is 1. The van der Waals surface area contributed by atoms with Crippen LogP contribution in [-0.2, 0) is 9.37 Å². The molecule has 1 heterocycles. The maximum absolute atomic E-state index is 8.38. The van der Waals surface area contributed by atoms with Gasteiger partial charge in [0, 0.05) is 4.90 Å². The minimum Gasteiger partial charge on any atom is -0.322 e. The molecule has 0 aliphatic rings. The van der Waals surface area contributed by atoms with Crippen LogP contribution in [0.15, 0.2) is 63.9 Å². The summed E-state index contributed by atoms with van der Waals surface area (Å²) in [6.07, 6.45) is 1.30. The van der Waals surface area contributed by atoms with Crippen molar-refractivity contribution in [2.24, 2.45) is 10.2 Å². The van der Waals surface area contributed by atoms with E-state index < -0.39 is 0 Å². The first kappa shape index (κ1) is 19.1. The van der Waals surface area contributed by atoms with E-state index in [1.54, 1.807) is 12.1 Å². The number of halogens is 1. The highest BCUT2D eigenvalue weighted by Crippen LogP contribution is 2.36. The zero-order valence-corrected chi connectivity index (χ0v) is 15.5. The van der Waals surface area contributed by atoms with Crippen molar-refractivity contribution in [3.8, 4) is 0 Å². The van der Waals surface area contributed by atoms with Gasteiger partial charge in [0.1, 0.15) is 12.0 Å². The number of nitrogens with zero attached hydrogens (tertiary/aromatic N) is 5. The van der Waals surface area contributed by atoms with Crippen LogP contribution in [0.2, 0.25) is 5.28 Å². The lowest BCUT2D eigenvalue weighted by Gasteiger charge is -2.11. The molecule has 138 valence electrons. The SMILES string of the molecule is Cc1cc(Nc2ncnc(Cl)n2)c(N=Nc2ccccc2)cc1SOOO. The van der Waals surface area contributed by atoms with Crippen molar-refractivity contribution in [2.75, 3.05) is 5.32 Å². The van der Waals surface area contributed by atoms with Crippen LogP contribution in [0.3, 0.4) is 0 Å². The summed E-state index contributed by atoms with van der Waals surface area (Å²) < 4.78 is 4.52. The van der Waals surface area contributed by atoms with E-state index >= 15 is 0 Å². The summed E-state index contributed by atoms with van der Waals surface area (Å²) in [7, 11) is 0. The van der Waals surface area contributed by atoms with Gasteiger partial charge in [0.2, 0.25) is 11.2 Å². The molecule has 0 atom stereocenters. The average Bonchev–Trinajstić information content (AvgIpc) is 2.67. The van der Waals surface area contributed by atoms with Crippen LogP contribution in [0, 0.1) is 6.92 Å². The Hall–Kier alpha value is -2.63. The molecule has 0 saturated carbocycles.